The number of hydrogen-bond donors (Lipinski definition) is 0. The van der Waals surface area contributed by atoms with Crippen molar-refractivity contribution in [1.29, 1.82) is 0 Å². The Morgan fingerprint density at radius 2 is 2.11 bits per heavy atom. The molecule has 0 fully saturated rings. The minimum Gasteiger partial charge on any atom is -0.317 e. The van der Waals surface area contributed by atoms with E-state index in [9.17, 15) is 17.1 Å². The maximum atomic E-state index is 11.3. The molecule has 0 saturated heterocycles. The quantitative estimate of drug-likeness (QED) is 0.412. The van der Waals surface area contributed by atoms with Crippen LogP contribution in [0.2, 0.25) is 0 Å². The van der Waals surface area contributed by atoms with E-state index in [4.69, 9.17) is 0 Å². The molecule has 0 aromatic carbocycles. The predicted octanol–water partition coefficient (Wildman–Crippen LogP) is -0.0701. The van der Waals surface area contributed by atoms with Gasteiger partial charge in [-0.3, -0.25) is 0 Å². The lowest BCUT2D eigenvalue weighted by Crippen LogP contribution is -2.04. The van der Waals surface area contributed by atoms with E-state index in [0.29, 0.717) is 6.08 Å². The summed E-state index contributed by atoms with van der Waals surface area (Å²) >= 11 is 0. The van der Waals surface area contributed by atoms with Crippen molar-refractivity contribution in [3.05, 3.63) is 12.7 Å². The number of carbonyl (C=O) groups excluding carboxylic acids is 1. The number of rotatable bonds is 2. The first-order valence-corrected chi connectivity index (χ1v) is 3.07. The Bertz CT molecular complexity index is 216. The second-order valence-corrected chi connectivity index (χ2v) is 1.95. The second kappa shape index (κ2) is 2.58. The molecule has 52 valence electrons. The summed E-state index contributed by atoms with van der Waals surface area (Å²) in [5.41, 5.74) is 0. The van der Waals surface area contributed by atoms with Gasteiger partial charge in [0.15, 0.2) is 0 Å². The Morgan fingerprint density at radius 3 is 2.22 bits per heavy atom. The summed E-state index contributed by atoms with van der Waals surface area (Å²) in [6.07, 6.45) is 0.539. The van der Waals surface area contributed by atoms with Crippen LogP contribution in [0.1, 0.15) is 0 Å². The van der Waals surface area contributed by atoms with E-state index in [0.717, 1.165) is 0 Å². The fourth-order valence-electron chi connectivity index (χ4n) is 0.132. The van der Waals surface area contributed by atoms with E-state index in [1.807, 2.05) is 0 Å². The molecule has 0 radical (unpaired) electrons. The van der Waals surface area contributed by atoms with Gasteiger partial charge >= 0.3 is 16.5 Å². The fourth-order valence-corrected chi connectivity index (χ4v) is 0.396. The first-order valence-electron chi connectivity index (χ1n) is 1.76. The molecule has 0 aliphatic heterocycles. The molecule has 0 saturated carbocycles. The summed E-state index contributed by atoms with van der Waals surface area (Å²) < 4.78 is 33.3. The smallest absolute Gasteiger partial charge is 0.317 e. The van der Waals surface area contributed by atoms with Gasteiger partial charge in [-0.25, -0.2) is 4.79 Å². The molecule has 0 bridgehead atoms. The average molecular weight is 154 g/mol. The van der Waals surface area contributed by atoms with E-state index in [-0.39, 0.29) is 0 Å². The van der Waals surface area contributed by atoms with Crippen LogP contribution in [-0.2, 0) is 19.5 Å². The molecule has 0 aliphatic carbocycles. The third-order valence-electron chi connectivity index (χ3n) is 0.348. The van der Waals surface area contributed by atoms with Crippen molar-refractivity contribution in [2.45, 2.75) is 0 Å². The Balaban J connectivity index is 4.06. The normalized spacial score (nSPS) is 10.3. The van der Waals surface area contributed by atoms with Crippen molar-refractivity contribution in [2.24, 2.45) is 0 Å². The summed E-state index contributed by atoms with van der Waals surface area (Å²) in [4.78, 5) is 9.87. The van der Waals surface area contributed by atoms with Gasteiger partial charge in [-0.15, -0.1) is 0 Å². The van der Waals surface area contributed by atoms with Gasteiger partial charge in [0.2, 0.25) is 0 Å². The zero-order valence-electron chi connectivity index (χ0n) is 4.20. The minimum atomic E-state index is -5.16. The van der Waals surface area contributed by atoms with Crippen molar-refractivity contribution in [1.82, 2.24) is 0 Å². The lowest BCUT2D eigenvalue weighted by atomic mass is 10.7. The van der Waals surface area contributed by atoms with Crippen molar-refractivity contribution < 1.29 is 21.3 Å². The van der Waals surface area contributed by atoms with Gasteiger partial charge in [-0.1, -0.05) is 10.5 Å². The lowest BCUT2D eigenvalue weighted by Gasteiger charge is -1.88. The van der Waals surface area contributed by atoms with Crippen molar-refractivity contribution in [3.63, 3.8) is 0 Å². The molecule has 0 N–H and O–H groups in total. The van der Waals surface area contributed by atoms with Gasteiger partial charge in [0.25, 0.3) is 0 Å². The van der Waals surface area contributed by atoms with Crippen LogP contribution >= 0.6 is 0 Å². The molecular formula is C3H3FO4S. The van der Waals surface area contributed by atoms with Crippen molar-refractivity contribution >= 4 is 16.5 Å². The molecule has 0 heterocycles. The first kappa shape index (κ1) is 8.09. The molecule has 0 aliphatic rings. The highest BCUT2D eigenvalue weighted by Crippen LogP contribution is 1.93. The topological polar surface area (TPSA) is 60.4 Å². The van der Waals surface area contributed by atoms with Gasteiger partial charge < -0.3 is 4.18 Å². The van der Waals surface area contributed by atoms with E-state index >= 15 is 0 Å². The summed E-state index contributed by atoms with van der Waals surface area (Å²) in [5.74, 6) is -1.34. The number of carbonyl (C=O) groups is 1. The van der Waals surface area contributed by atoms with Crippen LogP contribution in [0, 0.1) is 0 Å². The monoisotopic (exact) mass is 154 g/mol. The predicted molar refractivity (Wildman–Crippen MR) is 26.3 cm³/mol. The Labute approximate surface area is 51.4 Å². The second-order valence-electron chi connectivity index (χ2n) is 1.000. The maximum absolute atomic E-state index is 11.3. The van der Waals surface area contributed by atoms with Gasteiger partial charge in [-0.2, -0.15) is 8.42 Å². The summed E-state index contributed by atoms with van der Waals surface area (Å²) in [7, 11) is -5.16. The van der Waals surface area contributed by atoms with Crippen LogP contribution in [0.3, 0.4) is 0 Å². The Kier molecular flexibility index (Phi) is 2.32. The third-order valence-corrected chi connectivity index (χ3v) is 0.712. The fraction of sp³-hybridized carbons (Fsp3) is 0. The molecule has 0 amide bonds. The van der Waals surface area contributed by atoms with Crippen LogP contribution in [-0.4, -0.2) is 14.4 Å². The Hall–Kier alpha value is -0.910. The largest absolute Gasteiger partial charge is 0.491 e. The van der Waals surface area contributed by atoms with E-state index in [2.05, 4.69) is 10.8 Å². The van der Waals surface area contributed by atoms with Crippen molar-refractivity contribution in [3.8, 4) is 0 Å². The summed E-state index contributed by atoms with van der Waals surface area (Å²) in [5, 5.41) is 0. The molecule has 4 nitrogen and oxygen atoms in total. The van der Waals surface area contributed by atoms with Crippen molar-refractivity contribution in [2.75, 3.05) is 0 Å². The van der Waals surface area contributed by atoms with Crippen LogP contribution in [0.25, 0.3) is 0 Å². The van der Waals surface area contributed by atoms with E-state index in [1.54, 1.807) is 0 Å². The SMILES string of the molecule is C=CC(=O)OS(=O)(=O)F. The molecule has 9 heavy (non-hydrogen) atoms. The Morgan fingerprint density at radius 1 is 1.67 bits per heavy atom. The summed E-state index contributed by atoms with van der Waals surface area (Å²) in [6.45, 7) is 2.84. The minimum absolute atomic E-state index is 0.539. The zero-order chi connectivity index (χ0) is 7.49. The van der Waals surface area contributed by atoms with Crippen LogP contribution in [0.4, 0.5) is 3.89 Å². The highest BCUT2D eigenvalue weighted by molar-refractivity contribution is 7.81. The number of hydrogen-bond acceptors (Lipinski definition) is 4. The number of halogens is 1. The van der Waals surface area contributed by atoms with Gasteiger partial charge in [0.05, 0.1) is 0 Å². The van der Waals surface area contributed by atoms with E-state index < -0.39 is 16.5 Å². The first-order chi connectivity index (χ1) is 3.95. The molecule has 0 aromatic heterocycles. The molecule has 0 atom stereocenters. The van der Waals surface area contributed by atoms with Crippen LogP contribution in [0.15, 0.2) is 12.7 Å². The maximum Gasteiger partial charge on any atom is 0.491 e. The van der Waals surface area contributed by atoms with Crippen LogP contribution < -0.4 is 0 Å². The molecular weight excluding hydrogens is 151 g/mol. The molecule has 0 aromatic rings. The van der Waals surface area contributed by atoms with Gasteiger partial charge in [-0.05, 0) is 0 Å². The third kappa shape index (κ3) is 4.95. The van der Waals surface area contributed by atoms with E-state index in [1.165, 1.54) is 0 Å². The van der Waals surface area contributed by atoms with Gasteiger partial charge in [0, 0.05) is 6.08 Å². The standard InChI is InChI=1S/C3H3FO4S/c1-2-3(5)8-9(4,6)7/h2H,1H2. The molecule has 6 heteroatoms. The van der Waals surface area contributed by atoms with Gasteiger partial charge in [0.1, 0.15) is 0 Å². The summed E-state index contributed by atoms with van der Waals surface area (Å²) in [6, 6.07) is 0. The molecule has 0 unspecified atom stereocenters. The molecule has 0 spiro atoms. The highest BCUT2D eigenvalue weighted by atomic mass is 32.3. The molecule has 0 rings (SSSR count). The lowest BCUT2D eigenvalue weighted by molar-refractivity contribution is -0.128. The zero-order valence-corrected chi connectivity index (χ0v) is 5.02. The van der Waals surface area contributed by atoms with Crippen LogP contribution in [0.5, 0.6) is 0 Å². The highest BCUT2D eigenvalue weighted by Gasteiger charge is 2.10. The average Bonchev–Trinajstić information content (AvgIpc) is 1.62.